The van der Waals surface area contributed by atoms with Gasteiger partial charge in [-0.2, -0.15) is 4.39 Å². The Morgan fingerprint density at radius 2 is 2.47 bits per heavy atom. The Bertz CT molecular complexity index is 342. The molecule has 1 rings (SSSR count). The molecule has 5 heteroatoms. The van der Waals surface area contributed by atoms with Crippen LogP contribution in [0.25, 0.3) is 0 Å². The highest BCUT2D eigenvalue weighted by atomic mass is 19.1. The van der Waals surface area contributed by atoms with Gasteiger partial charge in [0.2, 0.25) is 5.95 Å². The quantitative estimate of drug-likeness (QED) is 0.723. The summed E-state index contributed by atoms with van der Waals surface area (Å²) in [5.41, 5.74) is 0.230. The van der Waals surface area contributed by atoms with E-state index in [1.807, 2.05) is 0 Å². The van der Waals surface area contributed by atoms with Crippen molar-refractivity contribution in [1.29, 1.82) is 0 Å². The molecule has 1 aromatic rings. The van der Waals surface area contributed by atoms with Crippen LogP contribution in [0.4, 0.5) is 4.39 Å². The zero-order chi connectivity index (χ0) is 11.3. The molecule has 2 N–H and O–H groups in total. The molecule has 0 spiro atoms. The summed E-state index contributed by atoms with van der Waals surface area (Å²) in [4.78, 5) is 14.7. The van der Waals surface area contributed by atoms with Gasteiger partial charge in [-0.1, -0.05) is 0 Å². The summed E-state index contributed by atoms with van der Waals surface area (Å²) < 4.78 is 12.6. The van der Waals surface area contributed by atoms with Gasteiger partial charge >= 0.3 is 0 Å². The number of carbonyl (C=O) groups excluding carboxylic acids is 1. The average Bonchev–Trinajstić information content (AvgIpc) is 2.17. The molecule has 4 nitrogen and oxygen atoms in total. The fourth-order valence-corrected chi connectivity index (χ4v) is 1.04. The highest BCUT2D eigenvalue weighted by Crippen LogP contribution is 2.00. The van der Waals surface area contributed by atoms with Crippen molar-refractivity contribution in [2.45, 2.75) is 19.4 Å². The van der Waals surface area contributed by atoms with Crippen LogP contribution < -0.4 is 5.32 Å². The minimum Gasteiger partial charge on any atom is -0.393 e. The maximum atomic E-state index is 12.6. The summed E-state index contributed by atoms with van der Waals surface area (Å²) in [6, 6.07) is 2.50. The number of amides is 1. The number of hydrogen-bond donors (Lipinski definition) is 2. The molecule has 15 heavy (non-hydrogen) atoms. The zero-order valence-electron chi connectivity index (χ0n) is 8.40. The number of nitrogens with one attached hydrogen (secondary N) is 1. The van der Waals surface area contributed by atoms with Gasteiger partial charge in [0, 0.05) is 24.4 Å². The van der Waals surface area contributed by atoms with Gasteiger partial charge in [0.15, 0.2) is 0 Å². The second-order valence-electron chi connectivity index (χ2n) is 3.26. The normalized spacial score (nSPS) is 12.2. The van der Waals surface area contributed by atoms with E-state index in [-0.39, 0.29) is 11.5 Å². The van der Waals surface area contributed by atoms with E-state index >= 15 is 0 Å². The van der Waals surface area contributed by atoms with Crippen LogP contribution in [-0.2, 0) is 0 Å². The van der Waals surface area contributed by atoms with Crippen molar-refractivity contribution >= 4 is 5.91 Å². The number of rotatable bonds is 4. The van der Waals surface area contributed by atoms with E-state index in [4.69, 9.17) is 5.11 Å². The fraction of sp³-hybridized carbons (Fsp3) is 0.400. The molecule has 1 atom stereocenters. The van der Waals surface area contributed by atoms with Crippen molar-refractivity contribution in [1.82, 2.24) is 10.3 Å². The third kappa shape index (κ3) is 4.03. The van der Waals surface area contributed by atoms with E-state index in [2.05, 4.69) is 10.3 Å². The average molecular weight is 212 g/mol. The number of halogens is 1. The Morgan fingerprint density at radius 1 is 1.73 bits per heavy atom. The van der Waals surface area contributed by atoms with E-state index < -0.39 is 12.1 Å². The van der Waals surface area contributed by atoms with Crippen LogP contribution in [0.1, 0.15) is 23.7 Å². The molecule has 0 aliphatic rings. The Kier molecular flexibility index (Phi) is 4.17. The molecule has 1 unspecified atom stereocenters. The van der Waals surface area contributed by atoms with E-state index in [0.29, 0.717) is 13.0 Å². The van der Waals surface area contributed by atoms with Crippen LogP contribution in [0.3, 0.4) is 0 Å². The first-order chi connectivity index (χ1) is 7.09. The van der Waals surface area contributed by atoms with Gasteiger partial charge in [-0.3, -0.25) is 4.79 Å². The molecule has 0 bridgehead atoms. The molecule has 1 aromatic heterocycles. The second kappa shape index (κ2) is 5.41. The Morgan fingerprint density at radius 3 is 3.07 bits per heavy atom. The van der Waals surface area contributed by atoms with Crippen LogP contribution in [0.2, 0.25) is 0 Å². The zero-order valence-corrected chi connectivity index (χ0v) is 8.40. The lowest BCUT2D eigenvalue weighted by molar-refractivity contribution is 0.0945. The summed E-state index contributed by atoms with van der Waals surface area (Å²) in [7, 11) is 0. The molecule has 0 radical (unpaired) electrons. The first kappa shape index (κ1) is 11.6. The van der Waals surface area contributed by atoms with Gasteiger partial charge in [0.1, 0.15) is 0 Å². The predicted octanol–water partition coefficient (Wildman–Crippen LogP) is 0.721. The van der Waals surface area contributed by atoms with Crippen molar-refractivity contribution in [2.75, 3.05) is 6.54 Å². The third-order valence-electron chi connectivity index (χ3n) is 1.84. The van der Waals surface area contributed by atoms with E-state index in [1.54, 1.807) is 6.92 Å². The van der Waals surface area contributed by atoms with E-state index in [0.717, 1.165) is 6.07 Å². The van der Waals surface area contributed by atoms with Crippen molar-refractivity contribution in [2.24, 2.45) is 0 Å². The Hall–Kier alpha value is -1.49. The number of nitrogens with zero attached hydrogens (tertiary/aromatic N) is 1. The molecular weight excluding hydrogens is 199 g/mol. The smallest absolute Gasteiger partial charge is 0.251 e. The molecule has 82 valence electrons. The van der Waals surface area contributed by atoms with Gasteiger partial charge in [0.05, 0.1) is 6.10 Å². The molecule has 0 saturated carbocycles. The van der Waals surface area contributed by atoms with Crippen LogP contribution >= 0.6 is 0 Å². The summed E-state index contributed by atoms with van der Waals surface area (Å²) in [6.07, 6.45) is 1.25. The van der Waals surface area contributed by atoms with Crippen LogP contribution in [0.15, 0.2) is 18.3 Å². The fourth-order valence-electron chi connectivity index (χ4n) is 1.04. The SMILES string of the molecule is CC(O)CCNC(=O)c1ccnc(F)c1. The Balaban J connectivity index is 2.47. The minimum absolute atomic E-state index is 0.230. The molecule has 1 heterocycles. The molecule has 0 fully saturated rings. The minimum atomic E-state index is -0.682. The summed E-state index contributed by atoms with van der Waals surface area (Å²) >= 11 is 0. The monoisotopic (exact) mass is 212 g/mol. The third-order valence-corrected chi connectivity index (χ3v) is 1.84. The second-order valence-corrected chi connectivity index (χ2v) is 3.26. The van der Waals surface area contributed by atoms with E-state index in [1.165, 1.54) is 12.3 Å². The van der Waals surface area contributed by atoms with Crippen LogP contribution in [0.5, 0.6) is 0 Å². The lowest BCUT2D eigenvalue weighted by atomic mass is 10.2. The van der Waals surface area contributed by atoms with Crippen molar-refractivity contribution in [3.8, 4) is 0 Å². The molecule has 0 aliphatic heterocycles. The molecule has 1 amide bonds. The van der Waals surface area contributed by atoms with Gasteiger partial charge in [-0.15, -0.1) is 0 Å². The van der Waals surface area contributed by atoms with Gasteiger partial charge in [-0.05, 0) is 19.4 Å². The van der Waals surface area contributed by atoms with Crippen LogP contribution in [0, 0.1) is 5.95 Å². The van der Waals surface area contributed by atoms with E-state index in [9.17, 15) is 9.18 Å². The molecule has 0 aliphatic carbocycles. The van der Waals surface area contributed by atoms with Gasteiger partial charge in [-0.25, -0.2) is 4.98 Å². The highest BCUT2D eigenvalue weighted by Gasteiger charge is 2.06. The topological polar surface area (TPSA) is 62.2 Å². The van der Waals surface area contributed by atoms with Crippen molar-refractivity contribution < 1.29 is 14.3 Å². The highest BCUT2D eigenvalue weighted by molar-refractivity contribution is 5.93. The van der Waals surface area contributed by atoms with Crippen molar-refractivity contribution in [3.05, 3.63) is 29.8 Å². The predicted molar refractivity (Wildman–Crippen MR) is 52.8 cm³/mol. The number of pyridine rings is 1. The molecule has 0 saturated heterocycles. The largest absolute Gasteiger partial charge is 0.393 e. The standard InChI is InChI=1S/C10H13FN2O2/c1-7(14)2-4-13-10(15)8-3-5-12-9(11)6-8/h3,5-7,14H,2,4H2,1H3,(H,13,15). The maximum absolute atomic E-state index is 12.6. The lowest BCUT2D eigenvalue weighted by Gasteiger charge is -2.06. The van der Waals surface area contributed by atoms with Gasteiger partial charge in [0.25, 0.3) is 5.91 Å². The number of aliphatic hydroxyl groups excluding tert-OH is 1. The molecular formula is C10H13FN2O2. The first-order valence-electron chi connectivity index (χ1n) is 4.67. The van der Waals surface area contributed by atoms with Crippen LogP contribution in [-0.4, -0.2) is 28.6 Å². The number of aliphatic hydroxyl groups is 1. The molecule has 0 aromatic carbocycles. The number of carbonyl (C=O) groups is 1. The summed E-state index contributed by atoms with van der Waals surface area (Å²) in [5, 5.41) is 11.5. The summed E-state index contributed by atoms with van der Waals surface area (Å²) in [6.45, 7) is 2.00. The summed E-state index contributed by atoms with van der Waals surface area (Å²) in [5.74, 6) is -1.05. The van der Waals surface area contributed by atoms with Gasteiger partial charge < -0.3 is 10.4 Å². The number of aromatic nitrogens is 1. The Labute approximate surface area is 87.1 Å². The van der Waals surface area contributed by atoms with Crippen molar-refractivity contribution in [3.63, 3.8) is 0 Å². The maximum Gasteiger partial charge on any atom is 0.251 e. The number of hydrogen-bond acceptors (Lipinski definition) is 3. The first-order valence-corrected chi connectivity index (χ1v) is 4.67. The lowest BCUT2D eigenvalue weighted by Crippen LogP contribution is -2.26.